The molecule has 0 bridgehead atoms. The number of hydrogen-bond donors (Lipinski definition) is 0. The van der Waals surface area contributed by atoms with Crippen LogP contribution in [0.15, 0.2) is 89.9 Å². The highest BCUT2D eigenvalue weighted by atomic mass is 79.9. The minimum Gasteiger partial charge on any atom is -0.316 e. The minimum absolute atomic E-state index is 0.350. The zero-order valence-electron chi connectivity index (χ0n) is 14.0. The molecule has 2 aromatic carbocycles. The van der Waals surface area contributed by atoms with Crippen molar-refractivity contribution in [1.82, 2.24) is 14.5 Å². The van der Waals surface area contributed by atoms with Crippen molar-refractivity contribution in [3.63, 3.8) is 0 Å². The summed E-state index contributed by atoms with van der Waals surface area (Å²) in [6.07, 6.45) is 6.79. The fraction of sp³-hybridized carbons (Fsp3) is 0.0909. The van der Waals surface area contributed by atoms with Gasteiger partial charge in [-0.3, -0.25) is 0 Å². The Morgan fingerprint density at radius 2 is 1.69 bits per heavy atom. The fourth-order valence-electron chi connectivity index (χ4n) is 4.07. The number of pyridine rings is 1. The average Bonchev–Trinajstić information content (AvgIpc) is 3.26. The third-order valence-corrected chi connectivity index (χ3v) is 5.64. The smallest absolute Gasteiger partial charge is 0.141 e. The minimum atomic E-state index is -0.350. The zero-order valence-corrected chi connectivity index (χ0v) is 15.6. The first-order valence-electron chi connectivity index (χ1n) is 8.59. The Morgan fingerprint density at radius 3 is 2.50 bits per heavy atom. The highest BCUT2D eigenvalue weighted by Crippen LogP contribution is 2.48. The van der Waals surface area contributed by atoms with Crippen LogP contribution in [0.4, 0.5) is 0 Å². The Balaban J connectivity index is 1.82. The Morgan fingerprint density at radius 1 is 0.885 bits per heavy atom. The third-order valence-electron chi connectivity index (χ3n) is 5.17. The number of hydrogen-bond acceptors (Lipinski definition) is 2. The molecule has 0 fully saturated rings. The lowest BCUT2D eigenvalue weighted by Crippen LogP contribution is -2.35. The highest BCUT2D eigenvalue weighted by Gasteiger charge is 2.45. The van der Waals surface area contributed by atoms with Gasteiger partial charge < -0.3 is 4.57 Å². The molecule has 0 spiro atoms. The van der Waals surface area contributed by atoms with Gasteiger partial charge in [0.05, 0.1) is 0 Å². The Kier molecular flexibility index (Phi) is 3.54. The van der Waals surface area contributed by atoms with E-state index in [4.69, 9.17) is 0 Å². The summed E-state index contributed by atoms with van der Waals surface area (Å²) in [6.45, 7) is 0. The summed E-state index contributed by atoms with van der Waals surface area (Å²) >= 11 is 3.46. The molecule has 2 aromatic heterocycles. The van der Waals surface area contributed by atoms with Crippen molar-refractivity contribution in [2.75, 3.05) is 0 Å². The van der Waals surface area contributed by atoms with Crippen LogP contribution in [0.2, 0.25) is 0 Å². The van der Waals surface area contributed by atoms with Gasteiger partial charge in [0.2, 0.25) is 0 Å². The summed E-state index contributed by atoms with van der Waals surface area (Å²) in [5.41, 5.74) is 4.56. The molecular weight excluding hydrogens is 386 g/mol. The average molecular weight is 402 g/mol. The highest BCUT2D eigenvalue weighted by molar-refractivity contribution is 9.10. The molecule has 3 nitrogen and oxygen atoms in total. The molecule has 26 heavy (non-hydrogen) atoms. The quantitative estimate of drug-likeness (QED) is 0.449. The van der Waals surface area contributed by atoms with E-state index >= 15 is 0 Å². The Hall–Kier alpha value is -2.72. The Labute approximate surface area is 160 Å². The predicted octanol–water partition coefficient (Wildman–Crippen LogP) is 5.06. The third kappa shape index (κ3) is 2.19. The molecule has 4 aromatic rings. The number of fused-ring (bicyclic) bond motifs is 3. The molecular formula is C22H16BrN3. The first-order chi connectivity index (χ1) is 12.8. The second-order valence-corrected chi connectivity index (χ2v) is 7.37. The largest absolute Gasteiger partial charge is 0.316 e. The molecule has 126 valence electrons. The van der Waals surface area contributed by atoms with E-state index in [0.717, 1.165) is 22.4 Å². The first kappa shape index (κ1) is 15.5. The SMILES string of the molecule is Brc1ccc([C@@]2(Cc3ccccc3)c3ccccc3-c3nccn32)cn1. The monoisotopic (exact) mass is 401 g/mol. The van der Waals surface area contributed by atoms with Crippen molar-refractivity contribution < 1.29 is 0 Å². The van der Waals surface area contributed by atoms with E-state index in [2.05, 4.69) is 97.3 Å². The van der Waals surface area contributed by atoms with Gasteiger partial charge in [-0.2, -0.15) is 0 Å². The van der Waals surface area contributed by atoms with Crippen LogP contribution in [0.3, 0.4) is 0 Å². The van der Waals surface area contributed by atoms with Gasteiger partial charge in [0.1, 0.15) is 16.0 Å². The van der Waals surface area contributed by atoms with Gasteiger partial charge in [-0.25, -0.2) is 9.97 Å². The molecule has 0 amide bonds. The van der Waals surface area contributed by atoms with Crippen molar-refractivity contribution in [3.8, 4) is 11.4 Å². The topological polar surface area (TPSA) is 30.7 Å². The standard InChI is InChI=1S/C22H16BrN3/c23-20-11-10-17(15-25-20)22(14-16-6-2-1-3-7-16)19-9-5-4-8-18(19)21-24-12-13-26(21)22/h1-13,15H,14H2/t22-/m0/s1. The summed E-state index contributed by atoms with van der Waals surface area (Å²) in [4.78, 5) is 9.17. The van der Waals surface area contributed by atoms with Crippen molar-refractivity contribution in [3.05, 3.63) is 107 Å². The van der Waals surface area contributed by atoms with Crippen LogP contribution in [0, 0.1) is 0 Å². The van der Waals surface area contributed by atoms with Crippen molar-refractivity contribution in [2.24, 2.45) is 0 Å². The summed E-state index contributed by atoms with van der Waals surface area (Å²) < 4.78 is 3.14. The van der Waals surface area contributed by atoms with E-state index in [1.807, 2.05) is 18.5 Å². The van der Waals surface area contributed by atoms with Gasteiger partial charge in [0.25, 0.3) is 0 Å². The normalized spacial score (nSPS) is 17.7. The molecule has 0 unspecified atom stereocenters. The van der Waals surface area contributed by atoms with Crippen LogP contribution >= 0.6 is 15.9 Å². The molecule has 1 aliphatic heterocycles. The number of rotatable bonds is 3. The van der Waals surface area contributed by atoms with Gasteiger partial charge in [0, 0.05) is 36.1 Å². The maximum absolute atomic E-state index is 4.65. The van der Waals surface area contributed by atoms with E-state index in [1.54, 1.807) is 0 Å². The van der Waals surface area contributed by atoms with Crippen LogP contribution in [0.25, 0.3) is 11.4 Å². The molecule has 1 atom stereocenters. The van der Waals surface area contributed by atoms with Gasteiger partial charge in [-0.15, -0.1) is 0 Å². The maximum atomic E-state index is 4.65. The van der Waals surface area contributed by atoms with Crippen molar-refractivity contribution in [2.45, 2.75) is 12.0 Å². The van der Waals surface area contributed by atoms with E-state index in [9.17, 15) is 0 Å². The van der Waals surface area contributed by atoms with Crippen molar-refractivity contribution >= 4 is 15.9 Å². The summed E-state index contributed by atoms with van der Waals surface area (Å²) in [6, 6.07) is 23.4. The van der Waals surface area contributed by atoms with Gasteiger partial charge in [0.15, 0.2) is 0 Å². The second-order valence-electron chi connectivity index (χ2n) is 6.56. The van der Waals surface area contributed by atoms with Crippen LogP contribution in [0.5, 0.6) is 0 Å². The van der Waals surface area contributed by atoms with Gasteiger partial charge in [-0.05, 0) is 33.1 Å². The van der Waals surface area contributed by atoms with E-state index in [1.165, 1.54) is 16.7 Å². The zero-order chi connectivity index (χ0) is 17.6. The molecule has 0 aliphatic carbocycles. The molecule has 0 saturated heterocycles. The summed E-state index contributed by atoms with van der Waals surface area (Å²) in [7, 11) is 0. The molecule has 3 heterocycles. The molecule has 1 aliphatic rings. The van der Waals surface area contributed by atoms with Crippen molar-refractivity contribution in [1.29, 1.82) is 0 Å². The van der Waals surface area contributed by atoms with Crippen LogP contribution < -0.4 is 0 Å². The molecule has 0 saturated carbocycles. The van der Waals surface area contributed by atoms with E-state index < -0.39 is 0 Å². The number of imidazole rings is 1. The van der Waals surface area contributed by atoms with Crippen LogP contribution in [-0.2, 0) is 12.0 Å². The van der Waals surface area contributed by atoms with E-state index in [-0.39, 0.29) is 5.54 Å². The number of nitrogens with zero attached hydrogens (tertiary/aromatic N) is 3. The molecule has 0 N–H and O–H groups in total. The number of benzene rings is 2. The van der Waals surface area contributed by atoms with Crippen LogP contribution in [0.1, 0.15) is 16.7 Å². The lowest BCUT2D eigenvalue weighted by atomic mass is 9.79. The maximum Gasteiger partial charge on any atom is 0.141 e. The summed E-state index contributed by atoms with van der Waals surface area (Å²) in [5, 5.41) is 0. The predicted molar refractivity (Wildman–Crippen MR) is 106 cm³/mol. The molecule has 4 heteroatoms. The Bertz CT molecular complexity index is 1070. The number of aromatic nitrogens is 3. The molecule has 5 rings (SSSR count). The molecule has 0 radical (unpaired) electrons. The fourth-order valence-corrected chi connectivity index (χ4v) is 4.30. The second kappa shape index (κ2) is 5.92. The van der Waals surface area contributed by atoms with Crippen LogP contribution in [-0.4, -0.2) is 14.5 Å². The first-order valence-corrected chi connectivity index (χ1v) is 9.38. The number of halogens is 1. The lowest BCUT2D eigenvalue weighted by molar-refractivity contribution is 0.448. The van der Waals surface area contributed by atoms with E-state index in [0.29, 0.717) is 0 Å². The lowest BCUT2D eigenvalue weighted by Gasteiger charge is -2.33. The van der Waals surface area contributed by atoms with Gasteiger partial charge in [-0.1, -0.05) is 60.7 Å². The van der Waals surface area contributed by atoms with Gasteiger partial charge >= 0.3 is 0 Å². The summed E-state index contributed by atoms with van der Waals surface area (Å²) in [5.74, 6) is 1.01.